The molecule has 1 aliphatic heterocycles. The summed E-state index contributed by atoms with van der Waals surface area (Å²) in [6.45, 7) is 0.384. The number of nitrogens with zero attached hydrogens (tertiary/aromatic N) is 2. The summed E-state index contributed by atoms with van der Waals surface area (Å²) in [6.07, 6.45) is 0.964. The van der Waals surface area contributed by atoms with Crippen molar-refractivity contribution in [3.8, 4) is 5.88 Å². The minimum absolute atomic E-state index is 0.00134. The van der Waals surface area contributed by atoms with Crippen LogP contribution in [-0.2, 0) is 16.6 Å². The Kier molecular flexibility index (Phi) is 3.50. The van der Waals surface area contributed by atoms with Crippen molar-refractivity contribution in [2.24, 2.45) is 13.0 Å². The second-order valence-corrected chi connectivity index (χ2v) is 4.22. The zero-order chi connectivity index (χ0) is 13.1. The molecule has 1 aliphatic rings. The Labute approximate surface area is 104 Å². The number of rotatable bonds is 3. The molecular formula is C11H16N4O3. The summed E-state index contributed by atoms with van der Waals surface area (Å²) in [7, 11) is 3.27. The van der Waals surface area contributed by atoms with Gasteiger partial charge in [-0.05, 0) is 6.42 Å². The van der Waals surface area contributed by atoms with Crippen molar-refractivity contribution in [3.05, 3.63) is 6.07 Å². The minimum Gasteiger partial charge on any atom is -0.481 e. The van der Waals surface area contributed by atoms with Crippen molar-refractivity contribution in [1.82, 2.24) is 15.1 Å². The van der Waals surface area contributed by atoms with E-state index in [-0.39, 0.29) is 17.7 Å². The molecule has 1 atom stereocenters. The van der Waals surface area contributed by atoms with E-state index in [1.165, 1.54) is 4.68 Å². The Balaban J connectivity index is 1.96. The molecule has 0 saturated carbocycles. The largest absolute Gasteiger partial charge is 0.481 e. The first-order chi connectivity index (χ1) is 8.60. The van der Waals surface area contributed by atoms with Crippen LogP contribution in [0.15, 0.2) is 6.07 Å². The monoisotopic (exact) mass is 252 g/mol. The molecule has 1 aromatic rings. The first-order valence-electron chi connectivity index (χ1n) is 5.75. The topological polar surface area (TPSA) is 85.2 Å². The van der Waals surface area contributed by atoms with Crippen molar-refractivity contribution in [3.63, 3.8) is 0 Å². The van der Waals surface area contributed by atoms with Gasteiger partial charge in [-0.2, -0.15) is 5.10 Å². The van der Waals surface area contributed by atoms with Gasteiger partial charge in [0.05, 0.1) is 13.0 Å². The molecule has 0 aromatic carbocycles. The summed E-state index contributed by atoms with van der Waals surface area (Å²) in [5.74, 6) is 0.698. The molecule has 18 heavy (non-hydrogen) atoms. The van der Waals surface area contributed by atoms with Gasteiger partial charge in [0.1, 0.15) is 0 Å². The molecule has 2 rings (SSSR count). The third kappa shape index (κ3) is 2.61. The molecule has 1 saturated heterocycles. The van der Waals surface area contributed by atoms with Gasteiger partial charge in [0.25, 0.3) is 0 Å². The Morgan fingerprint density at radius 3 is 3.00 bits per heavy atom. The van der Waals surface area contributed by atoms with E-state index in [1.54, 1.807) is 20.2 Å². The number of piperidine rings is 1. The van der Waals surface area contributed by atoms with Crippen molar-refractivity contribution in [2.45, 2.75) is 12.8 Å². The number of hydrogen-bond donors (Lipinski definition) is 2. The highest BCUT2D eigenvalue weighted by Gasteiger charge is 2.25. The molecule has 0 spiro atoms. The van der Waals surface area contributed by atoms with Crippen LogP contribution in [0.25, 0.3) is 0 Å². The smallest absolute Gasteiger partial charge is 0.230 e. The molecule has 1 unspecified atom stereocenters. The van der Waals surface area contributed by atoms with Gasteiger partial charge in [0, 0.05) is 26.1 Å². The summed E-state index contributed by atoms with van der Waals surface area (Å²) < 4.78 is 6.60. The summed E-state index contributed by atoms with van der Waals surface area (Å²) in [4.78, 5) is 22.9. The van der Waals surface area contributed by atoms with E-state index in [9.17, 15) is 9.59 Å². The van der Waals surface area contributed by atoms with Gasteiger partial charge in [0.15, 0.2) is 5.82 Å². The highest BCUT2D eigenvalue weighted by atomic mass is 16.5. The van der Waals surface area contributed by atoms with Crippen LogP contribution in [0.3, 0.4) is 0 Å². The number of amides is 2. The predicted octanol–water partition coefficient (Wildman–Crippen LogP) is -0.107. The third-order valence-electron chi connectivity index (χ3n) is 2.93. The Hall–Kier alpha value is -2.05. The molecule has 7 heteroatoms. The van der Waals surface area contributed by atoms with Crippen LogP contribution in [-0.4, -0.2) is 35.2 Å². The lowest BCUT2D eigenvalue weighted by Crippen LogP contribution is -2.40. The Bertz CT molecular complexity index is 459. The molecule has 0 radical (unpaired) electrons. The number of carbonyl (C=O) groups excluding carboxylic acids is 2. The number of nitrogens with one attached hydrogen (secondary N) is 2. The fraction of sp³-hybridized carbons (Fsp3) is 0.545. The Morgan fingerprint density at radius 2 is 2.44 bits per heavy atom. The number of ether oxygens (including phenoxy) is 1. The van der Waals surface area contributed by atoms with E-state index in [0.717, 1.165) is 0 Å². The second-order valence-electron chi connectivity index (χ2n) is 4.22. The average molecular weight is 252 g/mol. The predicted molar refractivity (Wildman–Crippen MR) is 64.1 cm³/mol. The van der Waals surface area contributed by atoms with E-state index in [2.05, 4.69) is 15.7 Å². The van der Waals surface area contributed by atoms with Crippen LogP contribution >= 0.6 is 0 Å². The van der Waals surface area contributed by atoms with Gasteiger partial charge in [-0.1, -0.05) is 0 Å². The molecule has 2 amide bonds. The number of methoxy groups -OCH3 is 1. The maximum Gasteiger partial charge on any atom is 0.230 e. The summed E-state index contributed by atoms with van der Waals surface area (Å²) >= 11 is 0. The van der Waals surface area contributed by atoms with Crippen LogP contribution in [0, 0.1) is 5.92 Å². The molecule has 1 fully saturated rings. The van der Waals surface area contributed by atoms with Gasteiger partial charge >= 0.3 is 0 Å². The number of hydrogen-bond acceptors (Lipinski definition) is 4. The number of aryl methyl sites for hydroxylation is 1. The Morgan fingerprint density at radius 1 is 1.67 bits per heavy atom. The lowest BCUT2D eigenvalue weighted by Gasteiger charge is -2.20. The van der Waals surface area contributed by atoms with Crippen LogP contribution in [0.4, 0.5) is 5.82 Å². The van der Waals surface area contributed by atoms with Crippen LogP contribution in [0.2, 0.25) is 0 Å². The molecule has 2 N–H and O–H groups in total. The van der Waals surface area contributed by atoms with E-state index in [4.69, 9.17) is 4.74 Å². The molecule has 0 aliphatic carbocycles. The van der Waals surface area contributed by atoms with Gasteiger partial charge in [-0.3, -0.25) is 9.59 Å². The molecule has 1 aromatic heterocycles. The summed E-state index contributed by atoms with van der Waals surface area (Å²) in [6, 6.07) is 1.65. The molecule has 0 bridgehead atoms. The van der Waals surface area contributed by atoms with Gasteiger partial charge in [-0.15, -0.1) is 0 Å². The SMILES string of the molecule is COc1cc(NC(=O)C2CCC(=O)NC2)nn1C. The van der Waals surface area contributed by atoms with Crippen LogP contribution < -0.4 is 15.4 Å². The molecule has 7 nitrogen and oxygen atoms in total. The highest BCUT2D eigenvalue weighted by Crippen LogP contribution is 2.17. The van der Waals surface area contributed by atoms with Crippen molar-refractivity contribution >= 4 is 17.6 Å². The van der Waals surface area contributed by atoms with Crippen LogP contribution in [0.5, 0.6) is 5.88 Å². The van der Waals surface area contributed by atoms with Crippen molar-refractivity contribution in [1.29, 1.82) is 0 Å². The number of aromatic nitrogens is 2. The van der Waals surface area contributed by atoms with E-state index in [1.807, 2.05) is 0 Å². The second kappa shape index (κ2) is 5.07. The fourth-order valence-electron chi connectivity index (χ4n) is 1.89. The zero-order valence-corrected chi connectivity index (χ0v) is 10.4. The minimum atomic E-state index is -0.198. The lowest BCUT2D eigenvalue weighted by atomic mass is 9.98. The highest BCUT2D eigenvalue weighted by molar-refractivity contribution is 5.93. The fourth-order valence-corrected chi connectivity index (χ4v) is 1.89. The first-order valence-corrected chi connectivity index (χ1v) is 5.75. The number of anilines is 1. The maximum atomic E-state index is 11.9. The molecule has 2 heterocycles. The van der Waals surface area contributed by atoms with Gasteiger partial charge in [-0.25, -0.2) is 4.68 Å². The van der Waals surface area contributed by atoms with E-state index in [0.29, 0.717) is 31.1 Å². The van der Waals surface area contributed by atoms with E-state index >= 15 is 0 Å². The van der Waals surface area contributed by atoms with Crippen LogP contribution in [0.1, 0.15) is 12.8 Å². The maximum absolute atomic E-state index is 11.9. The lowest BCUT2D eigenvalue weighted by molar-refractivity contribution is -0.126. The standard InChI is InChI=1S/C11H16N4O3/c1-15-10(18-2)5-8(14-15)13-11(17)7-3-4-9(16)12-6-7/h5,7H,3-4,6H2,1-2H3,(H,12,16)(H,13,14,17). The quantitative estimate of drug-likeness (QED) is 0.786. The molecular weight excluding hydrogens is 236 g/mol. The van der Waals surface area contributed by atoms with Crippen molar-refractivity contribution in [2.75, 3.05) is 19.0 Å². The average Bonchev–Trinajstić information content (AvgIpc) is 2.70. The third-order valence-corrected chi connectivity index (χ3v) is 2.93. The summed E-state index contributed by atoms with van der Waals surface area (Å²) in [5, 5.41) is 9.50. The van der Waals surface area contributed by atoms with Crippen molar-refractivity contribution < 1.29 is 14.3 Å². The number of carbonyl (C=O) groups is 2. The molecule has 98 valence electrons. The summed E-state index contributed by atoms with van der Waals surface area (Å²) in [5.41, 5.74) is 0. The van der Waals surface area contributed by atoms with Gasteiger partial charge in [0.2, 0.25) is 17.7 Å². The van der Waals surface area contributed by atoms with E-state index < -0.39 is 0 Å². The first kappa shape index (κ1) is 12.4. The normalized spacial score (nSPS) is 19.2. The van der Waals surface area contributed by atoms with Gasteiger partial charge < -0.3 is 15.4 Å². The zero-order valence-electron chi connectivity index (χ0n) is 10.4.